The van der Waals surface area contributed by atoms with E-state index in [0.29, 0.717) is 91.5 Å². The SMILES string of the molecule is CCC(Oc1ccc(C)cc1C)C(=O)Nc1ccc(CSc2[nH]n3c(=O)cnnc3c2Cl)cc1.CCCCCCCCCCCCCC(=O)Nc1nc(=O)[nH]c2c(Cl)c(C)nn12.CCCCCCCCCCCCCCS(=O)(=O)Nc1ccc(-c2nn3c(c2Cl)Nc2ccccc2C3)cc1. The standard InChI is InChI=1S/C30H41ClN4O2S.C24H24ClN5O3S.C20H32ClN5O2/c1-2-3-4-5-6-7-8-9-10-11-12-15-22-38(36,37)34-26-20-18-24(19-21-26)29-28(31)30-32-27-17-14-13-16-25(27)23-35(30)33-29;1-4-18(33-19-10-5-14(2)11-15(19)3)23(32)27-17-8-6-16(7-9-17)13-34-24-21(25)22-28-26-12-20(31)30(22)29-24;1-3-4-5-6-7-8-9-10-11-12-13-14-16(27)22-19-24-20(28)23-18-17(21)15(2)25-26(18)19/h13-14,16-21,32,34H,2-12,15,22-23H2,1H3;5-12,18,29H,4,13H2,1-3H3,(H,27,32);3-14H2,1-2H3,(H2,22,23,24,27,28). The van der Waals surface area contributed by atoms with Gasteiger partial charge in [-0.25, -0.2) is 17.9 Å². The van der Waals surface area contributed by atoms with Gasteiger partial charge in [0.1, 0.15) is 43.6 Å². The molecule has 0 aliphatic carbocycles. The van der Waals surface area contributed by atoms with Gasteiger partial charge in [0.2, 0.25) is 21.9 Å². The van der Waals surface area contributed by atoms with Crippen molar-refractivity contribution in [2.45, 2.75) is 225 Å². The number of sulfonamides is 1. The predicted molar refractivity (Wildman–Crippen MR) is 407 cm³/mol. The van der Waals surface area contributed by atoms with Crippen LogP contribution >= 0.6 is 46.6 Å². The van der Waals surface area contributed by atoms with Crippen molar-refractivity contribution >= 4 is 109 Å². The molecule has 6 heterocycles. The van der Waals surface area contributed by atoms with Crippen molar-refractivity contribution in [1.29, 1.82) is 0 Å². The van der Waals surface area contributed by atoms with Crippen LogP contribution in [0.4, 0.5) is 28.8 Å². The number of hydrogen-bond donors (Lipinski definition) is 6. The number of aromatic amines is 2. The molecule has 2 amide bonds. The Hall–Kier alpha value is -7.70. The second kappa shape index (κ2) is 40.1. The van der Waals surface area contributed by atoms with E-state index in [4.69, 9.17) is 44.6 Å². The number of rotatable bonds is 37. The molecule has 6 N–H and O–H groups in total. The van der Waals surface area contributed by atoms with Gasteiger partial charge < -0.3 is 15.4 Å². The first-order valence-corrected chi connectivity index (χ1v) is 39.2. The van der Waals surface area contributed by atoms with Gasteiger partial charge in [-0.05, 0) is 93.1 Å². The van der Waals surface area contributed by atoms with Gasteiger partial charge in [-0.3, -0.25) is 34.5 Å². The van der Waals surface area contributed by atoms with E-state index in [1.54, 1.807) is 19.1 Å². The van der Waals surface area contributed by atoms with Gasteiger partial charge in [-0.2, -0.15) is 29.3 Å². The number of nitrogens with zero attached hydrogens (tertiary/aromatic N) is 8. The maximum absolute atomic E-state index is 12.8. The van der Waals surface area contributed by atoms with Crippen LogP contribution in [0.2, 0.25) is 15.1 Å². The van der Waals surface area contributed by atoms with Gasteiger partial charge in [0.15, 0.2) is 17.4 Å². The molecule has 538 valence electrons. The fraction of sp³-hybridized carbons (Fsp3) is 0.473. The molecule has 0 radical (unpaired) electrons. The molecule has 10 rings (SSSR count). The number of ether oxygens (including phenoxy) is 1. The van der Waals surface area contributed by atoms with Crippen LogP contribution in [0.5, 0.6) is 5.75 Å². The van der Waals surface area contributed by atoms with Gasteiger partial charge in [0.25, 0.3) is 11.5 Å². The van der Waals surface area contributed by atoms with Crippen molar-refractivity contribution in [3.8, 4) is 17.0 Å². The molecule has 1 unspecified atom stereocenters. The van der Waals surface area contributed by atoms with Crippen LogP contribution in [0.15, 0.2) is 112 Å². The average Bonchev–Trinajstić information content (AvgIpc) is 1.62. The Labute approximate surface area is 606 Å². The second-order valence-corrected chi connectivity index (χ2v) is 29.5. The molecule has 26 heteroatoms. The second-order valence-electron chi connectivity index (χ2n) is 25.6. The molecule has 0 saturated heterocycles. The summed E-state index contributed by atoms with van der Waals surface area (Å²) in [4.78, 5) is 54.8. The number of hydrogen-bond acceptors (Lipinski definition) is 14. The Kier molecular flexibility index (Phi) is 31.3. The third-order valence-corrected chi connectivity index (χ3v) is 21.0. The van der Waals surface area contributed by atoms with Crippen molar-refractivity contribution in [1.82, 2.24) is 49.2 Å². The maximum atomic E-state index is 12.8. The summed E-state index contributed by atoms with van der Waals surface area (Å²) in [5.41, 5.74) is 8.41. The molecule has 0 fully saturated rings. The van der Waals surface area contributed by atoms with E-state index in [0.717, 1.165) is 77.6 Å². The van der Waals surface area contributed by atoms with Crippen molar-refractivity contribution in [3.63, 3.8) is 0 Å². The minimum absolute atomic E-state index is 0.0989. The lowest BCUT2D eigenvalue weighted by Crippen LogP contribution is -2.32. The van der Waals surface area contributed by atoms with Crippen LogP contribution in [0, 0.1) is 20.8 Å². The number of H-pyrrole nitrogens is 2. The molecule has 4 aromatic carbocycles. The lowest BCUT2D eigenvalue weighted by atomic mass is 10.1. The maximum Gasteiger partial charge on any atom is 0.349 e. The van der Waals surface area contributed by atoms with E-state index in [9.17, 15) is 27.6 Å². The van der Waals surface area contributed by atoms with E-state index in [1.165, 1.54) is 130 Å². The largest absolute Gasteiger partial charge is 0.480 e. The number of anilines is 5. The lowest BCUT2D eigenvalue weighted by Gasteiger charge is -2.19. The summed E-state index contributed by atoms with van der Waals surface area (Å²) in [5, 5.41) is 30.3. The fourth-order valence-electron chi connectivity index (χ4n) is 11.7. The molecule has 1 atom stereocenters. The van der Waals surface area contributed by atoms with Crippen LogP contribution < -0.4 is 36.7 Å². The summed E-state index contributed by atoms with van der Waals surface area (Å²) >= 11 is 20.6. The lowest BCUT2D eigenvalue weighted by molar-refractivity contribution is -0.122. The van der Waals surface area contributed by atoms with Crippen LogP contribution in [0.3, 0.4) is 0 Å². The van der Waals surface area contributed by atoms with Crippen molar-refractivity contribution in [2.75, 3.05) is 26.4 Å². The molecule has 1 aliphatic heterocycles. The highest BCUT2D eigenvalue weighted by Gasteiger charge is 2.24. The smallest absolute Gasteiger partial charge is 0.349 e. The number of aromatic nitrogens is 10. The van der Waals surface area contributed by atoms with E-state index >= 15 is 0 Å². The van der Waals surface area contributed by atoms with Crippen LogP contribution in [-0.4, -0.2) is 81.3 Å². The van der Waals surface area contributed by atoms with Gasteiger partial charge >= 0.3 is 5.69 Å². The van der Waals surface area contributed by atoms with Crippen LogP contribution in [-0.2, 0) is 31.9 Å². The van der Waals surface area contributed by atoms with Gasteiger partial charge in [0, 0.05) is 34.8 Å². The minimum Gasteiger partial charge on any atom is -0.480 e. The third kappa shape index (κ3) is 23.7. The van der Waals surface area contributed by atoms with E-state index in [-0.39, 0.29) is 29.1 Å². The Bertz CT molecular complexity index is 4330. The number of benzene rings is 4. The number of para-hydroxylation sites is 1. The minimum atomic E-state index is -3.37. The van der Waals surface area contributed by atoms with Crippen LogP contribution in [0.25, 0.3) is 22.6 Å². The summed E-state index contributed by atoms with van der Waals surface area (Å²) in [6.45, 7) is 12.8. The van der Waals surface area contributed by atoms with Gasteiger partial charge in [0.05, 0.1) is 18.0 Å². The number of fused-ring (bicyclic) bond motifs is 4. The summed E-state index contributed by atoms with van der Waals surface area (Å²) in [5.74, 6) is 1.98. The third-order valence-electron chi connectivity index (χ3n) is 17.3. The van der Waals surface area contributed by atoms with E-state index in [1.807, 2.05) is 98.2 Å². The van der Waals surface area contributed by atoms with Gasteiger partial charge in [-0.1, -0.05) is 251 Å². The number of carbonyl (C=O) groups is 2. The van der Waals surface area contributed by atoms with Crippen molar-refractivity contribution in [2.24, 2.45) is 0 Å². The Morgan fingerprint density at radius 2 is 1.30 bits per heavy atom. The van der Waals surface area contributed by atoms with Crippen LogP contribution in [0.1, 0.15) is 209 Å². The Morgan fingerprint density at radius 1 is 0.690 bits per heavy atom. The highest BCUT2D eigenvalue weighted by atomic mass is 35.5. The number of nitrogens with one attached hydrogen (secondary N) is 6. The molecule has 100 heavy (non-hydrogen) atoms. The highest BCUT2D eigenvalue weighted by molar-refractivity contribution is 7.98. The number of halogens is 3. The number of aryl methyl sites for hydroxylation is 3. The zero-order valence-electron chi connectivity index (χ0n) is 58.5. The zero-order valence-corrected chi connectivity index (χ0v) is 62.4. The molecule has 0 bridgehead atoms. The Balaban J connectivity index is 0.000000193. The molecule has 5 aromatic heterocycles. The normalized spacial score (nSPS) is 12.0. The van der Waals surface area contributed by atoms with Gasteiger partial charge in [-0.15, -0.1) is 16.9 Å². The number of amides is 2. The predicted octanol–water partition coefficient (Wildman–Crippen LogP) is 18.5. The molecule has 0 spiro atoms. The zero-order chi connectivity index (χ0) is 71.4. The monoisotopic (exact) mass is 1460 g/mol. The Morgan fingerprint density at radius 3 is 1.92 bits per heavy atom. The first kappa shape index (κ1) is 78.0. The summed E-state index contributed by atoms with van der Waals surface area (Å²) in [6, 6.07) is 28.8. The summed E-state index contributed by atoms with van der Waals surface area (Å²) < 4.78 is 38.3. The quantitative estimate of drug-likeness (QED) is 0.0156. The number of carbonyl (C=O) groups excluding carboxylic acids is 2. The molecular formula is C74H97Cl3N14O7S2. The number of unbranched alkanes of at least 4 members (excludes halogenated alkanes) is 21. The molecule has 21 nitrogen and oxygen atoms in total. The fourth-order valence-corrected chi connectivity index (χ4v) is 14.5. The first-order chi connectivity index (χ1) is 48.3. The first-order valence-electron chi connectivity index (χ1n) is 35.4. The van der Waals surface area contributed by atoms with Crippen molar-refractivity contribution in [3.05, 3.63) is 161 Å². The topological polar surface area (TPSA) is 270 Å². The molecule has 0 saturated carbocycles. The number of thioether (sulfide) groups is 1. The van der Waals surface area contributed by atoms with E-state index in [2.05, 4.69) is 70.9 Å². The van der Waals surface area contributed by atoms with E-state index < -0.39 is 21.8 Å². The molecule has 9 aromatic rings. The molecular weight excluding hydrogens is 1370 g/mol. The van der Waals surface area contributed by atoms with Crippen molar-refractivity contribution < 1.29 is 22.7 Å². The summed E-state index contributed by atoms with van der Waals surface area (Å²) in [7, 11) is -3.37. The highest BCUT2D eigenvalue weighted by Crippen LogP contribution is 2.40. The molecule has 1 aliphatic rings. The average molecular weight is 1470 g/mol. The summed E-state index contributed by atoms with van der Waals surface area (Å²) in [6.07, 6.45) is 29.7.